The summed E-state index contributed by atoms with van der Waals surface area (Å²) in [4.78, 5) is 25.8. The lowest BCUT2D eigenvalue weighted by Crippen LogP contribution is -2.40. The molecule has 0 spiro atoms. The lowest BCUT2D eigenvalue weighted by atomic mass is 10.1. The Kier molecular flexibility index (Phi) is 6.15. The van der Waals surface area contributed by atoms with Crippen LogP contribution in [0.3, 0.4) is 0 Å². The minimum absolute atomic E-state index is 0.00366. The third kappa shape index (κ3) is 4.68. The van der Waals surface area contributed by atoms with Gasteiger partial charge in [-0.2, -0.15) is 0 Å². The van der Waals surface area contributed by atoms with Crippen molar-refractivity contribution in [2.75, 3.05) is 11.4 Å². The van der Waals surface area contributed by atoms with Crippen LogP contribution in [0.5, 0.6) is 0 Å². The van der Waals surface area contributed by atoms with E-state index in [9.17, 15) is 9.59 Å². The summed E-state index contributed by atoms with van der Waals surface area (Å²) >= 11 is 3.41. The first-order valence-corrected chi connectivity index (χ1v) is 8.53. The molecule has 0 aliphatic heterocycles. The van der Waals surface area contributed by atoms with Crippen LogP contribution in [0.15, 0.2) is 46.9 Å². The van der Waals surface area contributed by atoms with Crippen LogP contribution >= 0.6 is 15.9 Å². The summed E-state index contributed by atoms with van der Waals surface area (Å²) in [7, 11) is 0. The van der Waals surface area contributed by atoms with E-state index in [-0.39, 0.29) is 18.4 Å². The van der Waals surface area contributed by atoms with Crippen molar-refractivity contribution in [1.29, 1.82) is 0 Å². The highest BCUT2D eigenvalue weighted by molar-refractivity contribution is 9.10. The van der Waals surface area contributed by atoms with Crippen molar-refractivity contribution >= 4 is 33.4 Å². The first-order chi connectivity index (χ1) is 11.4. The van der Waals surface area contributed by atoms with Crippen LogP contribution in [-0.2, 0) is 16.1 Å². The van der Waals surface area contributed by atoms with E-state index >= 15 is 0 Å². The maximum atomic E-state index is 12.3. The molecule has 0 saturated carbocycles. The summed E-state index contributed by atoms with van der Waals surface area (Å²) < 4.78 is 0.941. The van der Waals surface area contributed by atoms with Crippen LogP contribution in [0, 0.1) is 13.8 Å². The van der Waals surface area contributed by atoms with Crippen LogP contribution in [0.2, 0.25) is 0 Å². The van der Waals surface area contributed by atoms with E-state index in [2.05, 4.69) is 21.2 Å². The largest absolute Gasteiger partial charge is 0.350 e. The molecule has 0 saturated heterocycles. The fourth-order valence-electron chi connectivity index (χ4n) is 2.49. The van der Waals surface area contributed by atoms with E-state index < -0.39 is 0 Å². The van der Waals surface area contributed by atoms with Crippen LogP contribution in [0.25, 0.3) is 0 Å². The van der Waals surface area contributed by atoms with E-state index in [4.69, 9.17) is 0 Å². The average molecular weight is 389 g/mol. The monoisotopic (exact) mass is 388 g/mol. The smallest absolute Gasteiger partial charge is 0.240 e. The zero-order chi connectivity index (χ0) is 17.7. The van der Waals surface area contributed by atoms with Gasteiger partial charge in [-0.05, 0) is 48.7 Å². The maximum Gasteiger partial charge on any atom is 0.240 e. The van der Waals surface area contributed by atoms with Crippen molar-refractivity contribution in [3.8, 4) is 0 Å². The number of nitrogens with zero attached hydrogens (tertiary/aromatic N) is 1. The van der Waals surface area contributed by atoms with E-state index in [1.54, 1.807) is 0 Å². The lowest BCUT2D eigenvalue weighted by molar-refractivity contribution is -0.123. The molecular weight excluding hydrogens is 368 g/mol. The molecular formula is C19H21BrN2O2. The van der Waals surface area contributed by atoms with Crippen molar-refractivity contribution in [3.05, 3.63) is 63.6 Å². The summed E-state index contributed by atoms with van der Waals surface area (Å²) in [5.74, 6) is -0.345. The number of hydrogen-bond acceptors (Lipinski definition) is 2. The van der Waals surface area contributed by atoms with Crippen LogP contribution in [0.4, 0.5) is 5.69 Å². The highest BCUT2D eigenvalue weighted by atomic mass is 79.9. The van der Waals surface area contributed by atoms with Gasteiger partial charge in [0.25, 0.3) is 0 Å². The van der Waals surface area contributed by atoms with Gasteiger partial charge >= 0.3 is 0 Å². The number of rotatable bonds is 5. The van der Waals surface area contributed by atoms with Gasteiger partial charge in [0.1, 0.15) is 6.54 Å². The highest BCUT2D eigenvalue weighted by Crippen LogP contribution is 2.24. The summed E-state index contributed by atoms with van der Waals surface area (Å²) in [5, 5.41) is 2.88. The molecule has 2 aromatic carbocycles. The van der Waals surface area contributed by atoms with E-state index in [1.807, 2.05) is 56.3 Å². The van der Waals surface area contributed by atoms with E-state index in [0.717, 1.165) is 26.9 Å². The number of hydrogen-bond donors (Lipinski definition) is 1. The Bertz CT molecular complexity index is 759. The number of anilines is 1. The third-order valence-electron chi connectivity index (χ3n) is 3.87. The van der Waals surface area contributed by atoms with Gasteiger partial charge in [-0.3, -0.25) is 9.59 Å². The van der Waals surface area contributed by atoms with Gasteiger partial charge in [-0.1, -0.05) is 40.2 Å². The quantitative estimate of drug-likeness (QED) is 0.847. The fourth-order valence-corrected chi connectivity index (χ4v) is 2.97. The first kappa shape index (κ1) is 18.2. The standard InChI is InChI=1S/C19H21BrN2O2/c1-13-6-4-5-7-16(13)11-21-19(24)12-22(15(3)23)18-9-8-17(20)10-14(18)2/h4-10H,11-12H2,1-3H3,(H,21,24). The van der Waals surface area contributed by atoms with E-state index in [0.29, 0.717) is 6.54 Å². The lowest BCUT2D eigenvalue weighted by Gasteiger charge is -2.23. The molecule has 1 N–H and O–H groups in total. The van der Waals surface area contributed by atoms with Gasteiger partial charge < -0.3 is 10.2 Å². The second-order valence-electron chi connectivity index (χ2n) is 5.74. The van der Waals surface area contributed by atoms with Crippen molar-refractivity contribution < 1.29 is 9.59 Å². The molecule has 0 bridgehead atoms. The molecule has 2 amide bonds. The Labute approximate surface area is 151 Å². The molecule has 0 radical (unpaired) electrons. The zero-order valence-electron chi connectivity index (χ0n) is 14.1. The Morgan fingerprint density at radius 3 is 2.42 bits per heavy atom. The topological polar surface area (TPSA) is 49.4 Å². The average Bonchev–Trinajstić information content (AvgIpc) is 2.52. The second kappa shape index (κ2) is 8.11. The van der Waals surface area contributed by atoms with E-state index in [1.165, 1.54) is 11.8 Å². The summed E-state index contributed by atoms with van der Waals surface area (Å²) in [6.45, 7) is 5.85. The van der Waals surface area contributed by atoms with Gasteiger partial charge in [-0.25, -0.2) is 0 Å². The fraction of sp³-hybridized carbons (Fsp3) is 0.263. The molecule has 0 unspecified atom stereocenters. The maximum absolute atomic E-state index is 12.3. The molecule has 4 nitrogen and oxygen atoms in total. The molecule has 24 heavy (non-hydrogen) atoms. The minimum Gasteiger partial charge on any atom is -0.350 e. The van der Waals surface area contributed by atoms with Crippen molar-refractivity contribution in [3.63, 3.8) is 0 Å². The second-order valence-corrected chi connectivity index (χ2v) is 6.65. The molecule has 0 aromatic heterocycles. The third-order valence-corrected chi connectivity index (χ3v) is 4.36. The number of nitrogens with one attached hydrogen (secondary N) is 1. The van der Waals surface area contributed by atoms with Gasteiger partial charge in [0.15, 0.2) is 0 Å². The van der Waals surface area contributed by atoms with Crippen LogP contribution < -0.4 is 10.2 Å². The van der Waals surface area contributed by atoms with Gasteiger partial charge in [0.2, 0.25) is 11.8 Å². The molecule has 2 rings (SSSR count). The predicted molar refractivity (Wildman–Crippen MR) is 99.9 cm³/mol. The number of carbonyl (C=O) groups excluding carboxylic acids is 2. The number of aryl methyl sites for hydroxylation is 2. The summed E-state index contributed by atoms with van der Waals surface area (Å²) in [5.41, 5.74) is 3.88. The first-order valence-electron chi connectivity index (χ1n) is 7.74. The Balaban J connectivity index is 2.06. The molecule has 0 aliphatic rings. The number of carbonyl (C=O) groups is 2. The normalized spacial score (nSPS) is 10.3. The minimum atomic E-state index is -0.184. The molecule has 0 fully saturated rings. The number of halogens is 1. The molecule has 0 heterocycles. The predicted octanol–water partition coefficient (Wildman–Crippen LogP) is 3.74. The van der Waals surface area contributed by atoms with Gasteiger partial charge in [0, 0.05) is 23.6 Å². The Morgan fingerprint density at radius 2 is 1.79 bits per heavy atom. The van der Waals surface area contributed by atoms with Crippen molar-refractivity contribution in [2.24, 2.45) is 0 Å². The molecule has 0 atom stereocenters. The Morgan fingerprint density at radius 1 is 1.08 bits per heavy atom. The van der Waals surface area contributed by atoms with Crippen LogP contribution in [-0.4, -0.2) is 18.4 Å². The van der Waals surface area contributed by atoms with Crippen molar-refractivity contribution in [2.45, 2.75) is 27.3 Å². The molecule has 0 aliphatic carbocycles. The summed E-state index contributed by atoms with van der Waals surface area (Å²) in [6, 6.07) is 13.5. The Hall–Kier alpha value is -2.14. The molecule has 2 aromatic rings. The highest BCUT2D eigenvalue weighted by Gasteiger charge is 2.17. The van der Waals surface area contributed by atoms with Gasteiger partial charge in [0.05, 0.1) is 0 Å². The van der Waals surface area contributed by atoms with Gasteiger partial charge in [-0.15, -0.1) is 0 Å². The van der Waals surface area contributed by atoms with Crippen LogP contribution in [0.1, 0.15) is 23.6 Å². The molecule has 5 heteroatoms. The zero-order valence-corrected chi connectivity index (χ0v) is 15.7. The summed E-state index contributed by atoms with van der Waals surface area (Å²) in [6.07, 6.45) is 0. The SMILES string of the molecule is CC(=O)N(CC(=O)NCc1ccccc1C)c1ccc(Br)cc1C. The number of amides is 2. The molecule has 126 valence electrons. The van der Waals surface area contributed by atoms with Crippen molar-refractivity contribution in [1.82, 2.24) is 5.32 Å². The number of benzene rings is 2.